The molecule has 137 heavy (non-hydrogen) atoms. The molecular weight excluding hydrogens is 2520 g/mol. The molecule has 62 heteroatoms. The number of nitrogens with zero attached hydrogens (tertiary/aromatic N) is 39. The van der Waals surface area contributed by atoms with Gasteiger partial charge in [0.15, 0.2) is 30.1 Å². The molecular formula is C75H108Br7I2N39Na4O9Si. The second kappa shape index (κ2) is 91.3. The van der Waals surface area contributed by atoms with E-state index in [4.69, 9.17) is 133 Å². The van der Waals surface area contributed by atoms with Crippen LogP contribution in [0.15, 0.2) is 143 Å². The Morgan fingerprint density at radius 1 is 0.365 bits per heavy atom. The Morgan fingerprint density at radius 3 is 0.861 bits per heavy atom. The number of ether oxygens (including phenoxy) is 4. The molecule has 2 spiro atoms. The summed E-state index contributed by atoms with van der Waals surface area (Å²) in [6.45, 7) is 20.8. The van der Waals surface area contributed by atoms with Gasteiger partial charge in [-0.3, -0.25) is 19.6 Å². The third kappa shape index (κ3) is 61.6. The van der Waals surface area contributed by atoms with Gasteiger partial charge in [0.1, 0.15) is 12.9 Å². The Bertz CT molecular complexity index is 4250. The zero-order chi connectivity index (χ0) is 101. The standard InChI is InChI=1S/C15H23N3O4.C15H24O5.C12H8I2.C12H8N6.3C3H6Br2.C3H9BrSi.3C3H6N6.4N3.4Na/c1-8-4-5-11-9(2)12(17-18-16)19-13-15(11)10(8)6-7-14(3,20-13)21-22-15;1-8-4-5-11-9(2)12(16)17-13-15(11)10(8)6-7-14(3,18-13)19-20-15;13-11-5-1-9(2-6-11)10-3-7-12(14)8-4-10;13-17-15-11-5-1-9(2-6-11)10-3-7-12(8-4-10)16-18-14;3*4-2-1-3-5;1-5(2,3)4;3*4-8-6-2-1-3-7-9-5;4*1-3-2;;;;/h8-13H,4-7H2,1-3H3;8-13,16H,4-7H2,1-3H3;1-8H;1-8H;3*1-3H2;1-3H3;3*1-3H2;;;;;;;;/q;;;;;;;;;;;4*-1;4*+1/t2*8-,9-,10+,11+,12-,13?,14-,15-;;;;;;;;;;;;;;;;;/m11................./s1. The molecule has 2 unspecified atom stereocenters. The van der Waals surface area contributed by atoms with Crippen molar-refractivity contribution >= 4 is 174 Å². The topological polar surface area (TPSA) is 768 Å². The van der Waals surface area contributed by atoms with E-state index in [2.05, 4.69) is 335 Å². The molecule has 2 aliphatic carbocycles. The third-order valence-electron chi connectivity index (χ3n) is 19.6. The van der Waals surface area contributed by atoms with Gasteiger partial charge in [0.05, 0.1) is 0 Å². The van der Waals surface area contributed by atoms with E-state index in [0.717, 1.165) is 88.1 Å². The molecule has 8 heterocycles. The van der Waals surface area contributed by atoms with Crippen LogP contribution in [0.3, 0.4) is 0 Å². The average molecular weight is 2630 g/mol. The summed E-state index contributed by atoms with van der Waals surface area (Å²) < 4.78 is 26.6. The van der Waals surface area contributed by atoms with Crippen molar-refractivity contribution in [3.63, 3.8) is 0 Å². The van der Waals surface area contributed by atoms with Crippen LogP contribution in [0, 0.1) is 54.5 Å². The van der Waals surface area contributed by atoms with Gasteiger partial charge in [-0.15, -0.1) is 15.3 Å². The molecule has 10 fully saturated rings. The van der Waals surface area contributed by atoms with E-state index in [1.165, 1.54) is 63.6 Å². The number of hydrogen-bond acceptors (Lipinski definition) is 18. The van der Waals surface area contributed by atoms with Gasteiger partial charge in [0.25, 0.3) is 0 Å². The molecule has 8 aliphatic heterocycles. The Hall–Kier alpha value is -3.41. The fourth-order valence-corrected chi connectivity index (χ4v) is 18.5. The van der Waals surface area contributed by atoms with Crippen LogP contribution >= 0.6 is 156 Å². The van der Waals surface area contributed by atoms with E-state index in [1.807, 2.05) is 45.0 Å². The zero-order valence-corrected chi connectivity index (χ0v) is 103. The van der Waals surface area contributed by atoms with E-state index in [-0.39, 0.29) is 142 Å². The van der Waals surface area contributed by atoms with E-state index in [0.29, 0.717) is 93.6 Å². The van der Waals surface area contributed by atoms with Crippen LogP contribution in [0.25, 0.3) is 180 Å². The maximum absolute atomic E-state index is 10.2. The van der Waals surface area contributed by atoms with Crippen molar-refractivity contribution in [2.45, 2.75) is 199 Å². The van der Waals surface area contributed by atoms with E-state index in [1.54, 1.807) is 24.3 Å². The first kappa shape index (κ1) is 147. The number of rotatable bonds is 23. The van der Waals surface area contributed by atoms with Crippen molar-refractivity contribution in [2.75, 3.05) is 71.2 Å². The van der Waals surface area contributed by atoms with Gasteiger partial charge in [-0.2, -0.15) is 0 Å². The van der Waals surface area contributed by atoms with Gasteiger partial charge in [-0.1, -0.05) is 262 Å². The van der Waals surface area contributed by atoms with Crippen molar-refractivity contribution in [1.29, 1.82) is 0 Å². The van der Waals surface area contributed by atoms with Crippen LogP contribution in [-0.2, 0) is 38.5 Å². The first-order valence-electron chi connectivity index (χ1n) is 40.7. The summed E-state index contributed by atoms with van der Waals surface area (Å²) in [6, 6.07) is 31.6. The zero-order valence-electron chi connectivity index (χ0n) is 78.6. The van der Waals surface area contributed by atoms with Crippen LogP contribution in [-0.4, -0.2) is 131 Å². The summed E-state index contributed by atoms with van der Waals surface area (Å²) in [4.78, 5) is 52.9. The molecule has 2 saturated carbocycles. The predicted octanol–water partition coefficient (Wildman–Crippen LogP) is 21.7. The summed E-state index contributed by atoms with van der Waals surface area (Å²) in [7, 11) is 0. The molecule has 10 aliphatic rings. The Labute approximate surface area is 971 Å². The molecule has 0 amide bonds. The summed E-state index contributed by atoms with van der Waals surface area (Å²) in [5.41, 5.74) is 131. The van der Waals surface area contributed by atoms with Gasteiger partial charge in [0, 0.05) is 165 Å². The predicted molar refractivity (Wildman–Crippen MR) is 559 cm³/mol. The van der Waals surface area contributed by atoms with Crippen LogP contribution in [0.4, 0.5) is 11.4 Å². The SMILES string of the molecule is BrCCCBr.BrCCCBr.BrCCCBr.C[C@H]1[C@H](N=[N+]=[N-])OC2O[C@@]3(C)CC[C@H]4[C@H](C)CC[C@@H]1[C@@]24OO3.C[C@H]1[C@H](O)OC2O[C@@]3(C)CC[C@H]4[C@H](C)CC[C@@H]1[C@@]24OO3.C[Si](C)(C)Br.Ic1ccc(-c2ccc(I)cc2)cc1.[N-]=[N+]=NCCCN=[N+]=[N-].[N-]=[N+]=NCCCN=[N+]=[N-].[N-]=[N+]=NCCCN=[N+]=[N-].[N-]=[N+]=Nc1ccc(-c2ccc(N=[N+]=[N-])cc2)cc1.[N-]=[N+]=[N-].[N-]=[N+]=[N-].[N-]=[N+]=[N-].[N-]=[N+]=[N-].[Na+].[Na+].[Na+].[Na+]. The second-order valence-electron chi connectivity index (χ2n) is 29.7. The molecule has 8 saturated heterocycles. The Morgan fingerprint density at radius 2 is 0.620 bits per heavy atom. The number of halogens is 9. The van der Waals surface area contributed by atoms with E-state index in [9.17, 15) is 5.11 Å². The van der Waals surface area contributed by atoms with Gasteiger partial charge in [-0.25, -0.2) is 19.6 Å². The Balaban J connectivity index is -0.000000277. The molecule has 48 nitrogen and oxygen atoms in total. The number of fused-ring (bicyclic) bond motifs is 4. The molecule has 0 radical (unpaired) electrons. The van der Waals surface area contributed by atoms with Gasteiger partial charge in [0.2, 0.25) is 11.6 Å². The van der Waals surface area contributed by atoms with Gasteiger partial charge in [-0.05, 0) is 262 Å². The minimum atomic E-state index is -0.799. The van der Waals surface area contributed by atoms with Crippen LogP contribution in [0.2, 0.25) is 19.6 Å². The molecule has 4 bridgehead atoms. The third-order valence-corrected chi connectivity index (χ3v) is 24.4. The average Bonchev–Trinajstić information content (AvgIpc) is 1.63. The maximum Gasteiger partial charge on any atom is 1.00 e. The van der Waals surface area contributed by atoms with Crippen LogP contribution in [0.1, 0.15) is 131 Å². The van der Waals surface area contributed by atoms with E-state index >= 15 is 0 Å². The minimum absolute atomic E-state index is 0. The quantitative estimate of drug-likeness (QED) is 0.00847. The number of aliphatic hydroxyl groups excluding tert-OH is 1. The smallest absolute Gasteiger partial charge is 0.373 e. The molecule has 0 aromatic heterocycles. The fraction of sp³-hybridized carbons (Fsp3) is 0.680. The number of alkyl halides is 6. The summed E-state index contributed by atoms with van der Waals surface area (Å²) in [5.74, 6) is 0.834. The van der Waals surface area contributed by atoms with Crippen LogP contribution in [0.5, 0.6) is 0 Å². The molecule has 16 atom stereocenters. The monoisotopic (exact) mass is 2630 g/mol. The van der Waals surface area contributed by atoms with Crippen molar-refractivity contribution in [3.8, 4) is 22.3 Å². The molecule has 4 aromatic rings. The number of azide groups is 9. The first-order chi connectivity index (χ1) is 63.7. The van der Waals surface area contributed by atoms with E-state index < -0.39 is 54.6 Å². The normalized spacial score (nSPS) is 23.4. The summed E-state index contributed by atoms with van der Waals surface area (Å²) >= 11 is 27.8. The minimum Gasteiger partial charge on any atom is -0.373 e. The van der Waals surface area contributed by atoms with Crippen LogP contribution < -0.4 is 118 Å². The summed E-state index contributed by atoms with van der Waals surface area (Å²) in [5, 5.41) is 47.1. The second-order valence-corrected chi connectivity index (χ2v) is 48.2. The van der Waals surface area contributed by atoms with Crippen molar-refractivity contribution < 1.29 is 162 Å². The number of benzene rings is 4. The van der Waals surface area contributed by atoms with Crippen molar-refractivity contribution in [3.05, 3.63) is 262 Å². The largest absolute Gasteiger partial charge is 1.00 e. The number of aliphatic hydroxyl groups is 1. The first-order valence-corrected chi connectivity index (χ1v) is 55.3. The van der Waals surface area contributed by atoms with Gasteiger partial charge < -0.3 is 68.3 Å². The fourth-order valence-electron chi connectivity index (χ4n) is 13.8. The molecule has 728 valence electrons. The summed E-state index contributed by atoms with van der Waals surface area (Å²) in [6.07, 6.45) is 11.2. The van der Waals surface area contributed by atoms with Crippen molar-refractivity contribution in [1.82, 2.24) is 0 Å². The van der Waals surface area contributed by atoms with Crippen molar-refractivity contribution in [2.24, 2.45) is 93.4 Å². The number of hydrogen-bond donors (Lipinski definition) is 1. The van der Waals surface area contributed by atoms with Gasteiger partial charge >= 0.3 is 118 Å². The molecule has 14 rings (SSSR count). The maximum atomic E-state index is 10.2. The molecule has 1 N–H and O–H groups in total. The molecule has 4 aromatic carbocycles. The Kier molecular flexibility index (Phi) is 97.6.